The van der Waals surface area contributed by atoms with Crippen LogP contribution in [0.2, 0.25) is 0 Å². The predicted octanol–water partition coefficient (Wildman–Crippen LogP) is 5.80. The maximum atomic E-state index is 14.0. The molecule has 2 aliphatic heterocycles. The summed E-state index contributed by atoms with van der Waals surface area (Å²) in [6, 6.07) is 39.1. The first-order chi connectivity index (χ1) is 19.8. The van der Waals surface area contributed by atoms with Gasteiger partial charge >= 0.3 is 0 Å². The molecular weight excluding hydrogens is 524 g/mol. The lowest BCUT2D eigenvalue weighted by Crippen LogP contribution is -2.63. The standard InChI is InChI=1S/C33H32O6S/c34-40(27-19-11-4-12-20-27)33-31(36-22-25-15-7-2-8-16-25)30(35-21-24-13-5-1-6-14-24)29-28(38-33)23-37-32(39-29)26-17-9-3-10-18-26/h1-20,28-33H,21-23H2/t28-,29-,30+,31+,32?,33+,40?/m1/s1. The molecule has 7 atom stereocenters. The van der Waals surface area contributed by atoms with E-state index in [2.05, 4.69) is 0 Å². The normalized spacial score (nSPS) is 27.0. The molecule has 2 fully saturated rings. The van der Waals surface area contributed by atoms with Gasteiger partial charge in [-0.3, -0.25) is 4.21 Å². The van der Waals surface area contributed by atoms with Crippen LogP contribution in [0.5, 0.6) is 0 Å². The molecule has 4 aromatic rings. The minimum absolute atomic E-state index is 0.281. The van der Waals surface area contributed by atoms with Gasteiger partial charge in [-0.2, -0.15) is 0 Å². The van der Waals surface area contributed by atoms with Crippen LogP contribution in [0.25, 0.3) is 0 Å². The Morgan fingerprint density at radius 3 is 1.77 bits per heavy atom. The number of hydrogen-bond acceptors (Lipinski definition) is 6. The van der Waals surface area contributed by atoms with E-state index in [0.717, 1.165) is 16.7 Å². The third-order valence-corrected chi connectivity index (χ3v) is 8.65. The Bertz CT molecular complexity index is 1360. The molecule has 2 saturated heterocycles. The molecule has 4 aromatic carbocycles. The third-order valence-electron chi connectivity index (χ3n) is 7.11. The van der Waals surface area contributed by atoms with Gasteiger partial charge < -0.3 is 23.7 Å². The van der Waals surface area contributed by atoms with Crippen LogP contribution in [0.3, 0.4) is 0 Å². The van der Waals surface area contributed by atoms with Gasteiger partial charge in [-0.15, -0.1) is 0 Å². The lowest BCUT2D eigenvalue weighted by molar-refractivity contribution is -0.330. The fraction of sp³-hybridized carbons (Fsp3) is 0.273. The van der Waals surface area contributed by atoms with Crippen molar-refractivity contribution < 1.29 is 27.9 Å². The topological polar surface area (TPSA) is 63.2 Å². The van der Waals surface area contributed by atoms with E-state index in [4.69, 9.17) is 23.7 Å². The van der Waals surface area contributed by atoms with Gasteiger partial charge in [-0.05, 0) is 23.3 Å². The number of fused-ring (bicyclic) bond motifs is 1. The van der Waals surface area contributed by atoms with Crippen LogP contribution in [0.1, 0.15) is 23.0 Å². The summed E-state index contributed by atoms with van der Waals surface area (Å²) < 4.78 is 46.3. The zero-order valence-corrected chi connectivity index (χ0v) is 22.8. The summed E-state index contributed by atoms with van der Waals surface area (Å²) in [5, 5.41) is 0. The van der Waals surface area contributed by atoms with Gasteiger partial charge in [0.25, 0.3) is 0 Å². The highest BCUT2D eigenvalue weighted by molar-refractivity contribution is 7.85. The lowest BCUT2D eigenvalue weighted by atomic mass is 9.98. The molecule has 6 rings (SSSR count). The highest BCUT2D eigenvalue weighted by Crippen LogP contribution is 2.38. The summed E-state index contributed by atoms with van der Waals surface area (Å²) in [6.45, 7) is 0.951. The molecule has 0 radical (unpaired) electrons. The van der Waals surface area contributed by atoms with E-state index in [1.54, 1.807) is 0 Å². The maximum absolute atomic E-state index is 14.0. The average Bonchev–Trinajstić information content (AvgIpc) is 3.03. The summed E-state index contributed by atoms with van der Waals surface area (Å²) in [5.74, 6) is 0. The van der Waals surface area contributed by atoms with E-state index in [1.807, 2.05) is 121 Å². The molecule has 2 unspecified atom stereocenters. The minimum atomic E-state index is -1.52. The molecule has 0 amide bonds. The Hall–Kier alpha value is -3.17. The van der Waals surface area contributed by atoms with Crippen molar-refractivity contribution in [1.29, 1.82) is 0 Å². The molecular formula is C33H32O6S. The van der Waals surface area contributed by atoms with Crippen LogP contribution in [0, 0.1) is 0 Å². The fourth-order valence-electron chi connectivity index (χ4n) is 5.09. The predicted molar refractivity (Wildman–Crippen MR) is 152 cm³/mol. The largest absolute Gasteiger partial charge is 0.368 e. The van der Waals surface area contributed by atoms with Gasteiger partial charge in [0.05, 0.1) is 30.6 Å². The van der Waals surface area contributed by atoms with E-state index in [-0.39, 0.29) is 6.61 Å². The molecule has 6 nitrogen and oxygen atoms in total. The monoisotopic (exact) mass is 556 g/mol. The van der Waals surface area contributed by atoms with Crippen LogP contribution >= 0.6 is 0 Å². The molecule has 0 saturated carbocycles. The van der Waals surface area contributed by atoms with E-state index >= 15 is 0 Å². The molecule has 206 valence electrons. The van der Waals surface area contributed by atoms with Gasteiger partial charge in [0.1, 0.15) is 24.4 Å². The molecule has 2 heterocycles. The third kappa shape index (κ3) is 6.25. The van der Waals surface area contributed by atoms with Crippen LogP contribution in [0.15, 0.2) is 126 Å². The zero-order valence-electron chi connectivity index (χ0n) is 22.0. The summed E-state index contributed by atoms with van der Waals surface area (Å²) in [5.41, 5.74) is 2.17. The zero-order chi connectivity index (χ0) is 27.1. The number of ether oxygens (including phenoxy) is 5. The maximum Gasteiger partial charge on any atom is 0.184 e. The second kappa shape index (κ2) is 13.0. The number of hydrogen-bond donors (Lipinski definition) is 0. The smallest absolute Gasteiger partial charge is 0.184 e. The number of rotatable bonds is 9. The Morgan fingerprint density at radius 1 is 0.650 bits per heavy atom. The van der Waals surface area contributed by atoms with Crippen molar-refractivity contribution in [2.45, 2.75) is 54.3 Å². The first-order valence-electron chi connectivity index (χ1n) is 13.5. The second-order valence-electron chi connectivity index (χ2n) is 9.85. The SMILES string of the molecule is O=S(c1ccccc1)[C@@H]1O[C@@H]2COC(c3ccccc3)O[C@H]2[C@H](OCc2ccccc2)[C@@H]1OCc1ccccc1. The summed E-state index contributed by atoms with van der Waals surface area (Å²) in [7, 11) is -1.52. The van der Waals surface area contributed by atoms with Gasteiger partial charge in [0.15, 0.2) is 11.7 Å². The van der Waals surface area contributed by atoms with Crippen molar-refractivity contribution >= 4 is 10.8 Å². The molecule has 0 N–H and O–H groups in total. The first-order valence-corrected chi connectivity index (χ1v) is 14.7. The Balaban J connectivity index is 1.33. The van der Waals surface area contributed by atoms with Gasteiger partial charge in [-0.1, -0.05) is 109 Å². The summed E-state index contributed by atoms with van der Waals surface area (Å²) in [6.07, 6.45) is -2.77. The molecule has 0 aromatic heterocycles. The summed E-state index contributed by atoms with van der Waals surface area (Å²) in [4.78, 5) is 0.667. The van der Waals surface area contributed by atoms with E-state index in [1.165, 1.54) is 0 Å². The molecule has 0 spiro atoms. The highest BCUT2D eigenvalue weighted by atomic mass is 32.2. The van der Waals surface area contributed by atoms with Crippen molar-refractivity contribution in [3.05, 3.63) is 138 Å². The molecule has 0 bridgehead atoms. The van der Waals surface area contributed by atoms with Crippen LogP contribution in [0.4, 0.5) is 0 Å². The Kier molecular flexibility index (Phi) is 8.78. The lowest BCUT2D eigenvalue weighted by Gasteiger charge is -2.49. The second-order valence-corrected chi connectivity index (χ2v) is 11.4. The van der Waals surface area contributed by atoms with Gasteiger partial charge in [0, 0.05) is 10.5 Å². The molecule has 40 heavy (non-hydrogen) atoms. The molecule has 7 heteroatoms. The van der Waals surface area contributed by atoms with Crippen LogP contribution in [-0.4, -0.2) is 40.7 Å². The Morgan fingerprint density at radius 2 is 1.18 bits per heavy atom. The highest BCUT2D eigenvalue weighted by Gasteiger charge is 2.53. The first kappa shape index (κ1) is 27.0. The van der Waals surface area contributed by atoms with Gasteiger partial charge in [-0.25, -0.2) is 0 Å². The van der Waals surface area contributed by atoms with Crippen molar-refractivity contribution in [3.63, 3.8) is 0 Å². The van der Waals surface area contributed by atoms with Crippen LogP contribution in [-0.2, 0) is 47.7 Å². The van der Waals surface area contributed by atoms with E-state index < -0.39 is 46.9 Å². The number of benzene rings is 4. The molecule has 0 aliphatic carbocycles. The van der Waals surface area contributed by atoms with E-state index in [9.17, 15) is 4.21 Å². The minimum Gasteiger partial charge on any atom is -0.368 e. The van der Waals surface area contributed by atoms with Crippen molar-refractivity contribution in [1.82, 2.24) is 0 Å². The van der Waals surface area contributed by atoms with Crippen LogP contribution < -0.4 is 0 Å². The van der Waals surface area contributed by atoms with Crippen molar-refractivity contribution in [2.75, 3.05) is 6.61 Å². The van der Waals surface area contributed by atoms with Crippen molar-refractivity contribution in [2.24, 2.45) is 0 Å². The molecule has 2 aliphatic rings. The average molecular weight is 557 g/mol. The van der Waals surface area contributed by atoms with E-state index in [0.29, 0.717) is 18.1 Å². The van der Waals surface area contributed by atoms with Crippen molar-refractivity contribution in [3.8, 4) is 0 Å². The Labute approximate surface area is 237 Å². The fourth-order valence-corrected chi connectivity index (χ4v) is 6.50. The summed E-state index contributed by atoms with van der Waals surface area (Å²) >= 11 is 0. The quantitative estimate of drug-likeness (QED) is 0.260. The van der Waals surface area contributed by atoms with Gasteiger partial charge in [0.2, 0.25) is 0 Å².